The highest BCUT2D eigenvalue weighted by atomic mass is 16.5. The average Bonchev–Trinajstić information content (AvgIpc) is 4.07. The molecule has 2 nitrogen and oxygen atoms in total. The molecule has 2 heteroatoms. The average molecular weight is 991 g/mol. The summed E-state index contributed by atoms with van der Waals surface area (Å²) in [4.78, 5) is 0. The highest BCUT2D eigenvalue weighted by molar-refractivity contribution is 6.21. The minimum atomic E-state index is -0.593. The van der Waals surface area contributed by atoms with E-state index in [0.29, 0.717) is 0 Å². The first-order valence-corrected chi connectivity index (χ1v) is 27.1. The molecule has 0 amide bonds. The zero-order valence-electron chi connectivity index (χ0n) is 42.4. The molecule has 78 heavy (non-hydrogen) atoms. The summed E-state index contributed by atoms with van der Waals surface area (Å²) < 4.78 is 13.5. The van der Waals surface area contributed by atoms with Gasteiger partial charge in [0.2, 0.25) is 0 Å². The second-order valence-corrected chi connectivity index (χ2v) is 21.2. The van der Waals surface area contributed by atoms with E-state index < -0.39 is 10.8 Å². The third-order valence-electron chi connectivity index (χ3n) is 17.6. The molecule has 2 heterocycles. The van der Waals surface area contributed by atoms with Gasteiger partial charge in [-0.1, -0.05) is 249 Å². The molecule has 2 aliphatic heterocycles. The van der Waals surface area contributed by atoms with Crippen LogP contribution in [0, 0.1) is 0 Å². The number of para-hydroxylation sites is 4. The van der Waals surface area contributed by atoms with Crippen molar-refractivity contribution in [3.05, 3.63) is 324 Å². The van der Waals surface area contributed by atoms with Gasteiger partial charge < -0.3 is 9.47 Å². The Labute approximate surface area is 452 Å². The lowest BCUT2D eigenvalue weighted by molar-refractivity contribution is 0.436. The largest absolute Gasteiger partial charge is 0.457 e. The van der Waals surface area contributed by atoms with E-state index in [-0.39, 0.29) is 0 Å². The van der Waals surface area contributed by atoms with Crippen molar-refractivity contribution in [2.24, 2.45) is 0 Å². The first-order valence-electron chi connectivity index (χ1n) is 27.1. The van der Waals surface area contributed by atoms with Gasteiger partial charge in [-0.2, -0.15) is 0 Å². The van der Waals surface area contributed by atoms with Crippen LogP contribution in [0.1, 0.15) is 44.5 Å². The molecule has 2 aliphatic carbocycles. The van der Waals surface area contributed by atoms with Crippen LogP contribution in [0.2, 0.25) is 0 Å². The topological polar surface area (TPSA) is 18.5 Å². The van der Waals surface area contributed by atoms with E-state index >= 15 is 0 Å². The fourth-order valence-electron chi connectivity index (χ4n) is 14.8. The number of rotatable bonds is 4. The number of benzene rings is 13. The summed E-state index contributed by atoms with van der Waals surface area (Å²) in [7, 11) is 0. The van der Waals surface area contributed by atoms with Gasteiger partial charge in [-0.15, -0.1) is 0 Å². The maximum Gasteiger partial charge on any atom is 0.132 e. The van der Waals surface area contributed by atoms with Crippen molar-refractivity contribution in [3.8, 4) is 89.8 Å². The van der Waals surface area contributed by atoms with Gasteiger partial charge in [-0.25, -0.2) is 0 Å². The van der Waals surface area contributed by atoms with E-state index in [4.69, 9.17) is 9.47 Å². The quantitative estimate of drug-likeness (QED) is 0.164. The summed E-state index contributed by atoms with van der Waals surface area (Å²) in [6.07, 6.45) is 0. The predicted octanol–water partition coefficient (Wildman–Crippen LogP) is 19.6. The molecule has 0 saturated heterocycles. The normalized spacial score (nSPS) is 14.1. The first-order chi connectivity index (χ1) is 38.7. The summed E-state index contributed by atoms with van der Waals surface area (Å²) in [5.74, 6) is 3.56. The SMILES string of the molecule is c1ccc(-c2ccccc2-c2c3cccc(-c4cccc5c4-c4ccccc4C54c5ccccc5Oc5ccccc54)c3cc3c(-c4cccc5c4-c4ccccc4C54c5ccccc5Oc5ccccc54)cccc23)cc1. The van der Waals surface area contributed by atoms with Crippen molar-refractivity contribution in [3.63, 3.8) is 0 Å². The minimum absolute atomic E-state index is 0.593. The van der Waals surface area contributed by atoms with Crippen LogP contribution < -0.4 is 9.47 Å². The third-order valence-corrected chi connectivity index (χ3v) is 17.6. The zero-order valence-corrected chi connectivity index (χ0v) is 42.4. The van der Waals surface area contributed by atoms with Crippen molar-refractivity contribution in [1.82, 2.24) is 0 Å². The van der Waals surface area contributed by atoms with E-state index in [9.17, 15) is 0 Å². The lowest BCUT2D eigenvalue weighted by atomic mass is 9.66. The number of fused-ring (bicyclic) bond motifs is 20. The Morgan fingerprint density at radius 2 is 0.513 bits per heavy atom. The van der Waals surface area contributed by atoms with Crippen molar-refractivity contribution in [1.29, 1.82) is 0 Å². The molecule has 0 fully saturated rings. The molecule has 0 saturated carbocycles. The molecule has 0 unspecified atom stereocenters. The van der Waals surface area contributed by atoms with E-state index in [1.807, 2.05) is 0 Å². The molecule has 0 radical (unpaired) electrons. The van der Waals surface area contributed by atoms with Crippen LogP contribution in [-0.4, -0.2) is 0 Å². The first kappa shape index (κ1) is 43.2. The minimum Gasteiger partial charge on any atom is -0.457 e. The molecule has 0 N–H and O–H groups in total. The van der Waals surface area contributed by atoms with Crippen LogP contribution in [0.3, 0.4) is 0 Å². The lowest BCUT2D eigenvalue weighted by Crippen LogP contribution is -2.32. The fourth-order valence-corrected chi connectivity index (χ4v) is 14.8. The highest BCUT2D eigenvalue weighted by Gasteiger charge is 2.53. The Morgan fingerprint density at radius 1 is 0.192 bits per heavy atom. The van der Waals surface area contributed by atoms with Crippen molar-refractivity contribution >= 4 is 21.5 Å². The monoisotopic (exact) mass is 990 g/mol. The molecule has 0 aromatic heterocycles. The molecule has 0 atom stereocenters. The fraction of sp³-hybridized carbons (Fsp3) is 0.0263. The molecule has 2 spiro atoms. The van der Waals surface area contributed by atoms with E-state index in [1.165, 1.54) is 111 Å². The van der Waals surface area contributed by atoms with Crippen molar-refractivity contribution < 1.29 is 9.47 Å². The summed E-state index contributed by atoms with van der Waals surface area (Å²) >= 11 is 0. The second-order valence-electron chi connectivity index (χ2n) is 21.2. The molecule has 13 aromatic carbocycles. The maximum absolute atomic E-state index is 6.76. The molecule has 13 aromatic rings. The van der Waals surface area contributed by atoms with Gasteiger partial charge in [0.1, 0.15) is 23.0 Å². The number of ether oxygens (including phenoxy) is 2. The Morgan fingerprint density at radius 3 is 0.962 bits per heavy atom. The number of hydrogen-bond donors (Lipinski definition) is 0. The van der Waals surface area contributed by atoms with Crippen LogP contribution in [0.5, 0.6) is 23.0 Å². The summed E-state index contributed by atoms with van der Waals surface area (Å²) in [6, 6.07) is 103. The molecule has 0 bridgehead atoms. The molecular weight excluding hydrogens is 945 g/mol. The Balaban J connectivity index is 0.985. The van der Waals surface area contributed by atoms with Crippen LogP contribution in [-0.2, 0) is 10.8 Å². The van der Waals surface area contributed by atoms with Crippen LogP contribution in [0.4, 0.5) is 0 Å². The van der Waals surface area contributed by atoms with Gasteiger partial charge in [0.05, 0.1) is 10.8 Å². The van der Waals surface area contributed by atoms with Crippen LogP contribution >= 0.6 is 0 Å². The van der Waals surface area contributed by atoms with Crippen molar-refractivity contribution in [2.45, 2.75) is 10.8 Å². The Bertz CT molecular complexity index is 4350. The second kappa shape index (κ2) is 16.2. The van der Waals surface area contributed by atoms with Gasteiger partial charge >= 0.3 is 0 Å². The van der Waals surface area contributed by atoms with E-state index in [2.05, 4.69) is 279 Å². The molecule has 362 valence electrons. The number of hydrogen-bond acceptors (Lipinski definition) is 2. The summed E-state index contributed by atoms with van der Waals surface area (Å²) in [5.41, 5.74) is 23.1. The molecular formula is C76H46O2. The van der Waals surface area contributed by atoms with E-state index in [1.54, 1.807) is 0 Å². The smallest absolute Gasteiger partial charge is 0.132 e. The zero-order chi connectivity index (χ0) is 51.1. The Hall–Kier alpha value is -10.0. The molecule has 4 aliphatic rings. The predicted molar refractivity (Wildman–Crippen MR) is 318 cm³/mol. The lowest BCUT2D eigenvalue weighted by Gasteiger charge is -2.39. The summed E-state index contributed by atoms with van der Waals surface area (Å²) in [6.45, 7) is 0. The van der Waals surface area contributed by atoms with Gasteiger partial charge in [0, 0.05) is 22.3 Å². The third kappa shape index (κ3) is 5.60. The van der Waals surface area contributed by atoms with Gasteiger partial charge in [-0.05, 0) is 141 Å². The van der Waals surface area contributed by atoms with Crippen LogP contribution in [0.15, 0.2) is 279 Å². The van der Waals surface area contributed by atoms with Gasteiger partial charge in [0.15, 0.2) is 0 Å². The molecule has 17 rings (SSSR count). The van der Waals surface area contributed by atoms with Gasteiger partial charge in [0.25, 0.3) is 0 Å². The Kier molecular flexibility index (Phi) is 9.01. The van der Waals surface area contributed by atoms with Crippen molar-refractivity contribution in [2.75, 3.05) is 0 Å². The standard InChI is InChI=1S/C76H46O2/c1-2-22-47(23-3-1)48-24-4-5-25-51(48)72-54-30-18-28-49(52-32-20-40-66-73(52)56-26-6-8-34-60(56)75(66)62-36-10-14-42-68(62)77-69-43-15-11-37-63(69)75)58(54)46-59-50(29-19-31-55(59)72)53-33-21-41-67-74(53)57-27-7-9-35-61(57)76(67)64-38-12-16-44-70(64)78-71-45-17-13-39-65(71)76/h1-46H. The van der Waals surface area contributed by atoms with Crippen LogP contribution in [0.25, 0.3) is 88.3 Å². The summed E-state index contributed by atoms with van der Waals surface area (Å²) in [5, 5.41) is 4.82. The highest BCUT2D eigenvalue weighted by Crippen LogP contribution is 2.66. The maximum atomic E-state index is 6.76. The van der Waals surface area contributed by atoms with E-state index in [0.717, 1.165) is 45.3 Å². The van der Waals surface area contributed by atoms with Gasteiger partial charge in [-0.3, -0.25) is 0 Å².